The minimum absolute atomic E-state index is 0.0881. The number of rotatable bonds is 8. The number of amides is 1. The molecule has 0 unspecified atom stereocenters. The molecule has 1 aliphatic heterocycles. The van der Waals surface area contributed by atoms with E-state index in [1.54, 1.807) is 20.1 Å². The van der Waals surface area contributed by atoms with Crippen LogP contribution in [0, 0.1) is 0 Å². The molecule has 1 aromatic rings. The summed E-state index contributed by atoms with van der Waals surface area (Å²) in [6.45, 7) is 7.14. The van der Waals surface area contributed by atoms with Crippen molar-refractivity contribution in [3.8, 4) is 11.5 Å². The standard InChI is InChI=1S/C23H32N2O5/c1-4-14-30-23-18-15-25(17-8-6-7-9-17)21(26)12-13-24(16-22(27)29-5-2)19(18)10-11-20(23)28-3/h4,10-11,17H,1,5-9,12-16H2,2-3H3. The smallest absolute Gasteiger partial charge is 0.325 e. The van der Waals surface area contributed by atoms with Gasteiger partial charge < -0.3 is 24.0 Å². The van der Waals surface area contributed by atoms with Gasteiger partial charge in [0.25, 0.3) is 0 Å². The van der Waals surface area contributed by atoms with E-state index in [9.17, 15) is 9.59 Å². The van der Waals surface area contributed by atoms with Crippen LogP contribution in [0.15, 0.2) is 24.8 Å². The summed E-state index contributed by atoms with van der Waals surface area (Å²) in [4.78, 5) is 29.2. The molecular weight excluding hydrogens is 384 g/mol. The molecule has 3 rings (SSSR count). The molecule has 2 aliphatic rings. The highest BCUT2D eigenvalue weighted by Gasteiger charge is 2.32. The molecule has 30 heavy (non-hydrogen) atoms. The van der Waals surface area contributed by atoms with Crippen molar-refractivity contribution in [1.29, 1.82) is 0 Å². The fourth-order valence-electron chi connectivity index (χ4n) is 4.33. The number of anilines is 1. The van der Waals surface area contributed by atoms with E-state index in [0.29, 0.717) is 44.2 Å². The molecule has 0 atom stereocenters. The highest BCUT2D eigenvalue weighted by Crippen LogP contribution is 2.41. The molecule has 7 heteroatoms. The molecule has 1 aromatic carbocycles. The summed E-state index contributed by atoms with van der Waals surface area (Å²) < 4.78 is 16.7. The summed E-state index contributed by atoms with van der Waals surface area (Å²) in [6.07, 6.45) is 6.39. The van der Waals surface area contributed by atoms with Crippen LogP contribution >= 0.6 is 0 Å². The van der Waals surface area contributed by atoms with Gasteiger partial charge >= 0.3 is 5.97 Å². The maximum atomic E-state index is 13.1. The van der Waals surface area contributed by atoms with Crippen molar-refractivity contribution in [1.82, 2.24) is 4.90 Å². The number of benzene rings is 1. The average Bonchev–Trinajstić information content (AvgIpc) is 3.26. The van der Waals surface area contributed by atoms with Gasteiger partial charge in [-0.05, 0) is 31.9 Å². The van der Waals surface area contributed by atoms with Gasteiger partial charge in [-0.1, -0.05) is 25.5 Å². The molecule has 0 bridgehead atoms. The van der Waals surface area contributed by atoms with Crippen molar-refractivity contribution < 1.29 is 23.8 Å². The van der Waals surface area contributed by atoms with E-state index >= 15 is 0 Å². The summed E-state index contributed by atoms with van der Waals surface area (Å²) in [5.74, 6) is 1.000. The zero-order valence-electron chi connectivity index (χ0n) is 18.0. The molecule has 1 saturated carbocycles. The normalized spacial score (nSPS) is 17.2. The van der Waals surface area contributed by atoms with Gasteiger partial charge in [0.05, 0.1) is 20.3 Å². The zero-order chi connectivity index (χ0) is 21.5. The van der Waals surface area contributed by atoms with Crippen LogP contribution in [0.2, 0.25) is 0 Å². The fourth-order valence-corrected chi connectivity index (χ4v) is 4.33. The molecule has 1 aliphatic carbocycles. The lowest BCUT2D eigenvalue weighted by molar-refractivity contribution is -0.141. The van der Waals surface area contributed by atoms with E-state index in [1.165, 1.54) is 0 Å². The molecule has 0 saturated heterocycles. The Balaban J connectivity index is 2.04. The summed E-state index contributed by atoms with van der Waals surface area (Å²) in [5, 5.41) is 0. The van der Waals surface area contributed by atoms with Gasteiger partial charge in [-0.2, -0.15) is 0 Å². The lowest BCUT2D eigenvalue weighted by atomic mass is 10.0. The second-order valence-corrected chi connectivity index (χ2v) is 7.63. The fraction of sp³-hybridized carbons (Fsp3) is 0.565. The van der Waals surface area contributed by atoms with Gasteiger partial charge in [-0.15, -0.1) is 0 Å². The Labute approximate surface area is 178 Å². The summed E-state index contributed by atoms with van der Waals surface area (Å²) in [6, 6.07) is 4.04. The second kappa shape index (κ2) is 10.4. The largest absolute Gasteiger partial charge is 0.493 e. The Kier molecular flexibility index (Phi) is 7.60. The molecule has 1 heterocycles. The predicted molar refractivity (Wildman–Crippen MR) is 115 cm³/mol. The topological polar surface area (TPSA) is 68.3 Å². The number of nitrogens with zero attached hydrogens (tertiary/aromatic N) is 2. The predicted octanol–water partition coefficient (Wildman–Crippen LogP) is 3.30. The van der Waals surface area contributed by atoms with E-state index in [1.807, 2.05) is 21.9 Å². The van der Waals surface area contributed by atoms with Crippen molar-refractivity contribution in [2.75, 3.05) is 38.3 Å². The summed E-state index contributed by atoms with van der Waals surface area (Å²) in [7, 11) is 1.60. The van der Waals surface area contributed by atoms with E-state index < -0.39 is 0 Å². The Hall–Kier alpha value is -2.70. The first kappa shape index (κ1) is 22.0. The first-order valence-electron chi connectivity index (χ1n) is 10.7. The summed E-state index contributed by atoms with van der Waals surface area (Å²) >= 11 is 0. The van der Waals surface area contributed by atoms with Crippen LogP contribution in [0.5, 0.6) is 11.5 Å². The number of esters is 1. The second-order valence-electron chi connectivity index (χ2n) is 7.63. The monoisotopic (exact) mass is 416 g/mol. The first-order valence-corrected chi connectivity index (χ1v) is 10.7. The number of fused-ring (bicyclic) bond motifs is 1. The third-order valence-electron chi connectivity index (χ3n) is 5.74. The molecule has 164 valence electrons. The molecule has 0 radical (unpaired) electrons. The summed E-state index contributed by atoms with van der Waals surface area (Å²) in [5.41, 5.74) is 1.74. The van der Waals surface area contributed by atoms with Crippen LogP contribution in [-0.2, 0) is 20.9 Å². The van der Waals surface area contributed by atoms with Gasteiger partial charge in [0.1, 0.15) is 13.2 Å². The van der Waals surface area contributed by atoms with Crippen molar-refractivity contribution in [2.24, 2.45) is 0 Å². The van der Waals surface area contributed by atoms with Gasteiger partial charge in [0.15, 0.2) is 11.5 Å². The highest BCUT2D eigenvalue weighted by atomic mass is 16.5. The maximum Gasteiger partial charge on any atom is 0.325 e. The number of methoxy groups -OCH3 is 1. The van der Waals surface area contributed by atoms with E-state index in [4.69, 9.17) is 14.2 Å². The number of ether oxygens (including phenoxy) is 3. The maximum absolute atomic E-state index is 13.1. The lowest BCUT2D eigenvalue weighted by Crippen LogP contribution is -2.43. The Morgan fingerprint density at radius 3 is 2.73 bits per heavy atom. The molecule has 7 nitrogen and oxygen atoms in total. The van der Waals surface area contributed by atoms with Crippen LogP contribution in [0.1, 0.15) is 44.6 Å². The number of hydrogen-bond acceptors (Lipinski definition) is 6. The Bertz CT molecular complexity index is 773. The van der Waals surface area contributed by atoms with Crippen LogP contribution in [-0.4, -0.2) is 56.2 Å². The van der Waals surface area contributed by atoms with E-state index in [2.05, 4.69) is 6.58 Å². The number of carbonyl (C=O) groups is 2. The quantitative estimate of drug-likeness (QED) is 0.478. The van der Waals surface area contributed by atoms with Gasteiger partial charge in [-0.3, -0.25) is 9.59 Å². The molecule has 1 fully saturated rings. The van der Waals surface area contributed by atoms with Crippen LogP contribution in [0.25, 0.3) is 0 Å². The third-order valence-corrected chi connectivity index (χ3v) is 5.74. The van der Waals surface area contributed by atoms with Crippen LogP contribution in [0.4, 0.5) is 5.69 Å². The molecule has 0 aromatic heterocycles. The molecule has 1 amide bonds. The van der Waals surface area contributed by atoms with E-state index in [0.717, 1.165) is 36.9 Å². The van der Waals surface area contributed by atoms with E-state index in [-0.39, 0.29) is 24.5 Å². The Morgan fingerprint density at radius 1 is 1.30 bits per heavy atom. The average molecular weight is 417 g/mol. The lowest BCUT2D eigenvalue weighted by Gasteiger charge is -2.36. The SMILES string of the molecule is C=CCOc1c(OC)ccc2c1CN(C1CCCC1)C(=O)CCN2CC(=O)OCC. The zero-order valence-corrected chi connectivity index (χ0v) is 18.0. The third kappa shape index (κ3) is 4.89. The highest BCUT2D eigenvalue weighted by molar-refractivity contribution is 5.82. The van der Waals surface area contributed by atoms with Gasteiger partial charge in [0, 0.05) is 30.3 Å². The molecule has 0 N–H and O–H groups in total. The minimum atomic E-state index is -0.312. The number of carbonyl (C=O) groups excluding carboxylic acids is 2. The first-order chi connectivity index (χ1) is 14.6. The van der Waals surface area contributed by atoms with Crippen molar-refractivity contribution in [3.05, 3.63) is 30.4 Å². The van der Waals surface area contributed by atoms with Gasteiger partial charge in [0.2, 0.25) is 5.91 Å². The van der Waals surface area contributed by atoms with Crippen molar-refractivity contribution in [2.45, 2.75) is 51.6 Å². The minimum Gasteiger partial charge on any atom is -0.493 e. The van der Waals surface area contributed by atoms with Crippen LogP contribution < -0.4 is 14.4 Å². The van der Waals surface area contributed by atoms with Crippen LogP contribution in [0.3, 0.4) is 0 Å². The van der Waals surface area contributed by atoms with Crippen molar-refractivity contribution >= 4 is 17.6 Å². The van der Waals surface area contributed by atoms with Crippen molar-refractivity contribution in [3.63, 3.8) is 0 Å². The number of hydrogen-bond donors (Lipinski definition) is 0. The molecule has 0 spiro atoms. The molecular formula is C23H32N2O5. The Morgan fingerprint density at radius 2 is 2.07 bits per heavy atom. The van der Waals surface area contributed by atoms with Gasteiger partial charge in [-0.25, -0.2) is 0 Å².